The molecule has 0 saturated carbocycles. The third-order valence-electron chi connectivity index (χ3n) is 2.98. The Balaban J connectivity index is 3.85. The summed E-state index contributed by atoms with van der Waals surface area (Å²) in [7, 11) is 0. The van der Waals surface area contributed by atoms with Gasteiger partial charge in [0.1, 0.15) is 0 Å². The average Bonchev–Trinajstić information content (AvgIpc) is 2.25. The van der Waals surface area contributed by atoms with Gasteiger partial charge in [-0.15, -0.1) is 0 Å². The molecule has 1 amide bonds. The van der Waals surface area contributed by atoms with E-state index in [1.807, 2.05) is 0 Å². The molecule has 0 spiro atoms. The number of nitrogens with two attached hydrogens (primary N) is 1. The van der Waals surface area contributed by atoms with Gasteiger partial charge in [-0.25, -0.2) is 0 Å². The minimum Gasteiger partial charge on any atom is -0.390 e. The number of aliphatic hydroxyl groups is 1. The number of rotatable bonds is 9. The van der Waals surface area contributed by atoms with Crippen molar-refractivity contribution in [1.82, 2.24) is 10.2 Å². The summed E-state index contributed by atoms with van der Waals surface area (Å²) in [6.07, 6.45) is -0.418. The second kappa shape index (κ2) is 7.63. The van der Waals surface area contributed by atoms with Crippen molar-refractivity contribution in [3.63, 3.8) is 0 Å². The molecular weight excluding hydrogens is 218 g/mol. The maximum atomic E-state index is 11.1. The summed E-state index contributed by atoms with van der Waals surface area (Å²) in [5.41, 5.74) is 4.69. The highest BCUT2D eigenvalue weighted by molar-refractivity contribution is 5.80. The Morgan fingerprint density at radius 3 is 2.35 bits per heavy atom. The van der Waals surface area contributed by atoms with E-state index in [9.17, 15) is 9.90 Å². The highest BCUT2D eigenvalue weighted by Crippen LogP contribution is 2.11. The molecule has 0 rings (SSSR count). The third-order valence-corrected chi connectivity index (χ3v) is 2.98. The minimum atomic E-state index is -0.574. The summed E-state index contributed by atoms with van der Waals surface area (Å²) in [5.74, 6) is -0.330. The molecule has 4 N–H and O–H groups in total. The summed E-state index contributed by atoms with van der Waals surface area (Å²) < 4.78 is 0. The number of carbonyl (C=O) groups excluding carboxylic acids is 1. The van der Waals surface area contributed by atoms with E-state index in [2.05, 4.69) is 24.1 Å². The van der Waals surface area contributed by atoms with Crippen LogP contribution in [-0.2, 0) is 4.79 Å². The molecule has 0 fully saturated rings. The number of nitrogens with zero attached hydrogens (tertiary/aromatic N) is 1. The Morgan fingerprint density at radius 1 is 1.41 bits per heavy atom. The lowest BCUT2D eigenvalue weighted by atomic mass is 9.93. The smallest absolute Gasteiger partial charge is 0.224 e. The number of nitrogens with one attached hydrogen (secondary N) is 1. The van der Waals surface area contributed by atoms with E-state index >= 15 is 0 Å². The van der Waals surface area contributed by atoms with Crippen molar-refractivity contribution in [2.24, 2.45) is 11.1 Å². The Kier molecular flexibility index (Phi) is 7.34. The van der Waals surface area contributed by atoms with Crippen molar-refractivity contribution >= 4 is 5.91 Å². The van der Waals surface area contributed by atoms with Crippen molar-refractivity contribution in [2.45, 2.75) is 33.8 Å². The maximum absolute atomic E-state index is 11.1. The second-order valence-electron chi connectivity index (χ2n) is 5.02. The van der Waals surface area contributed by atoms with Gasteiger partial charge in [0, 0.05) is 19.6 Å². The fourth-order valence-electron chi connectivity index (χ4n) is 1.48. The summed E-state index contributed by atoms with van der Waals surface area (Å²) in [6.45, 7) is 11.2. The van der Waals surface area contributed by atoms with Crippen molar-refractivity contribution in [3.05, 3.63) is 0 Å². The van der Waals surface area contributed by atoms with Crippen LogP contribution < -0.4 is 11.1 Å². The van der Waals surface area contributed by atoms with Gasteiger partial charge in [0.15, 0.2) is 0 Å². The molecule has 0 aliphatic heterocycles. The molecule has 0 heterocycles. The molecular formula is C12H27N3O2. The Labute approximate surface area is 104 Å². The van der Waals surface area contributed by atoms with Crippen molar-refractivity contribution in [2.75, 3.05) is 32.7 Å². The monoisotopic (exact) mass is 245 g/mol. The molecule has 5 heteroatoms. The Morgan fingerprint density at radius 2 is 1.94 bits per heavy atom. The van der Waals surface area contributed by atoms with E-state index in [-0.39, 0.29) is 5.91 Å². The first-order chi connectivity index (χ1) is 7.83. The molecule has 0 aromatic rings. The van der Waals surface area contributed by atoms with E-state index in [1.54, 1.807) is 13.8 Å². The van der Waals surface area contributed by atoms with E-state index in [0.717, 1.165) is 13.1 Å². The molecule has 0 bridgehead atoms. The van der Waals surface area contributed by atoms with Gasteiger partial charge in [0.2, 0.25) is 5.91 Å². The molecule has 0 radical (unpaired) electrons. The van der Waals surface area contributed by atoms with Crippen LogP contribution >= 0.6 is 0 Å². The van der Waals surface area contributed by atoms with Gasteiger partial charge in [-0.1, -0.05) is 13.8 Å². The third kappa shape index (κ3) is 6.61. The second-order valence-corrected chi connectivity index (χ2v) is 5.02. The SMILES string of the molecule is CCN(CC)CC(O)CNCC(C)(C)C(N)=O. The topological polar surface area (TPSA) is 78.6 Å². The standard InChI is InChI=1S/C12H27N3O2/c1-5-15(6-2)8-10(16)7-14-9-12(3,4)11(13)17/h10,14,16H,5-9H2,1-4H3,(H2,13,17). The first-order valence-electron chi connectivity index (χ1n) is 6.24. The number of hydrogen-bond acceptors (Lipinski definition) is 4. The Hall–Kier alpha value is -0.650. The van der Waals surface area contributed by atoms with Crippen LogP contribution in [0.1, 0.15) is 27.7 Å². The largest absolute Gasteiger partial charge is 0.390 e. The fraction of sp³-hybridized carbons (Fsp3) is 0.917. The molecule has 0 aromatic carbocycles. The van der Waals surface area contributed by atoms with Gasteiger partial charge in [0.05, 0.1) is 11.5 Å². The summed E-state index contributed by atoms with van der Waals surface area (Å²) in [4.78, 5) is 13.2. The lowest BCUT2D eigenvalue weighted by molar-refractivity contribution is -0.125. The number of amides is 1. The molecule has 0 aliphatic carbocycles. The highest BCUT2D eigenvalue weighted by Gasteiger charge is 2.24. The molecule has 0 aliphatic rings. The quantitative estimate of drug-likeness (QED) is 0.525. The normalized spacial score (nSPS) is 14.0. The number of likely N-dealkylation sites (N-methyl/N-ethyl adjacent to an activating group) is 1. The number of carbonyl (C=O) groups is 1. The van der Waals surface area contributed by atoms with E-state index in [0.29, 0.717) is 19.6 Å². The van der Waals surface area contributed by atoms with Crippen LogP contribution in [0.25, 0.3) is 0 Å². The van der Waals surface area contributed by atoms with Crippen LogP contribution in [-0.4, -0.2) is 54.7 Å². The maximum Gasteiger partial charge on any atom is 0.224 e. The van der Waals surface area contributed by atoms with Crippen molar-refractivity contribution < 1.29 is 9.90 Å². The molecule has 17 heavy (non-hydrogen) atoms. The average molecular weight is 245 g/mol. The predicted octanol–water partition coefficient (Wildman–Crippen LogP) is -0.210. The van der Waals surface area contributed by atoms with E-state index < -0.39 is 11.5 Å². The van der Waals surface area contributed by atoms with Gasteiger partial charge in [-0.05, 0) is 26.9 Å². The van der Waals surface area contributed by atoms with Gasteiger partial charge < -0.3 is 21.1 Å². The molecule has 0 aromatic heterocycles. The van der Waals surface area contributed by atoms with E-state index in [4.69, 9.17) is 5.73 Å². The zero-order valence-electron chi connectivity index (χ0n) is 11.5. The minimum absolute atomic E-state index is 0.330. The summed E-state index contributed by atoms with van der Waals surface area (Å²) in [6, 6.07) is 0. The van der Waals surface area contributed by atoms with Crippen molar-refractivity contribution in [1.29, 1.82) is 0 Å². The lowest BCUT2D eigenvalue weighted by Gasteiger charge is -2.24. The summed E-state index contributed by atoms with van der Waals surface area (Å²) >= 11 is 0. The van der Waals surface area contributed by atoms with Crippen LogP contribution in [0.5, 0.6) is 0 Å². The van der Waals surface area contributed by atoms with Gasteiger partial charge in [-0.2, -0.15) is 0 Å². The first kappa shape index (κ1) is 16.4. The van der Waals surface area contributed by atoms with Crippen LogP contribution in [0.2, 0.25) is 0 Å². The Bertz CT molecular complexity index is 228. The van der Waals surface area contributed by atoms with Gasteiger partial charge in [-0.3, -0.25) is 4.79 Å². The molecule has 102 valence electrons. The van der Waals surface area contributed by atoms with Crippen LogP contribution in [0, 0.1) is 5.41 Å². The number of primary amides is 1. The van der Waals surface area contributed by atoms with Crippen LogP contribution in [0.15, 0.2) is 0 Å². The van der Waals surface area contributed by atoms with E-state index in [1.165, 1.54) is 0 Å². The summed E-state index contributed by atoms with van der Waals surface area (Å²) in [5, 5.41) is 12.9. The molecule has 5 nitrogen and oxygen atoms in total. The van der Waals surface area contributed by atoms with Gasteiger partial charge in [0.25, 0.3) is 0 Å². The zero-order chi connectivity index (χ0) is 13.5. The highest BCUT2D eigenvalue weighted by atomic mass is 16.3. The molecule has 0 saturated heterocycles. The molecule has 1 atom stereocenters. The number of hydrogen-bond donors (Lipinski definition) is 3. The zero-order valence-corrected chi connectivity index (χ0v) is 11.5. The lowest BCUT2D eigenvalue weighted by Crippen LogP contribution is -2.44. The van der Waals surface area contributed by atoms with Crippen LogP contribution in [0.3, 0.4) is 0 Å². The van der Waals surface area contributed by atoms with Crippen molar-refractivity contribution in [3.8, 4) is 0 Å². The predicted molar refractivity (Wildman–Crippen MR) is 69.6 cm³/mol. The first-order valence-corrected chi connectivity index (χ1v) is 6.24. The number of aliphatic hydroxyl groups excluding tert-OH is 1. The molecule has 1 unspecified atom stereocenters. The van der Waals surface area contributed by atoms with Gasteiger partial charge >= 0.3 is 0 Å². The fourth-order valence-corrected chi connectivity index (χ4v) is 1.48. The van der Waals surface area contributed by atoms with Crippen LogP contribution in [0.4, 0.5) is 0 Å².